The van der Waals surface area contributed by atoms with Gasteiger partial charge in [-0.25, -0.2) is 9.48 Å². The highest BCUT2D eigenvalue weighted by Gasteiger charge is 2.43. The topological polar surface area (TPSA) is 75.9 Å². The molecule has 1 aromatic heterocycles. The van der Waals surface area contributed by atoms with Gasteiger partial charge in [0.1, 0.15) is 6.33 Å². The summed E-state index contributed by atoms with van der Waals surface area (Å²) in [6, 6.07) is 5.87. The number of carbonyl (C=O) groups excluding carboxylic acids is 1. The van der Waals surface area contributed by atoms with Gasteiger partial charge in [0.05, 0.1) is 5.69 Å². The highest BCUT2D eigenvalue weighted by Crippen LogP contribution is 2.41. The zero-order chi connectivity index (χ0) is 18.0. The third kappa shape index (κ3) is 3.18. The van der Waals surface area contributed by atoms with Crippen molar-refractivity contribution < 1.29 is 4.79 Å². The predicted octanol–water partition coefficient (Wildman–Crippen LogP) is 3.69. The van der Waals surface area contributed by atoms with E-state index in [-0.39, 0.29) is 11.6 Å². The molecule has 2 aliphatic rings. The quantitative estimate of drug-likeness (QED) is 0.892. The Bertz CT molecular complexity index is 764. The van der Waals surface area contributed by atoms with Crippen molar-refractivity contribution in [3.63, 3.8) is 0 Å². The number of tetrazole rings is 1. The molecular weight excluding hydrogens is 328 g/mol. The van der Waals surface area contributed by atoms with Gasteiger partial charge in [-0.15, -0.1) is 5.10 Å². The molecule has 7 heteroatoms. The molecule has 7 nitrogen and oxygen atoms in total. The molecule has 1 saturated heterocycles. The van der Waals surface area contributed by atoms with Crippen LogP contribution in [-0.2, 0) is 0 Å². The normalized spacial score (nSPS) is 19.5. The fourth-order valence-electron chi connectivity index (χ4n) is 4.61. The summed E-state index contributed by atoms with van der Waals surface area (Å²) >= 11 is 0. The van der Waals surface area contributed by atoms with E-state index in [1.807, 2.05) is 25.1 Å². The molecular formula is C19H26N6O. The van der Waals surface area contributed by atoms with E-state index >= 15 is 0 Å². The number of likely N-dealkylation sites (tertiary alicyclic amines) is 1. The summed E-state index contributed by atoms with van der Waals surface area (Å²) in [5.74, 6) is 0. The van der Waals surface area contributed by atoms with E-state index in [0.717, 1.165) is 49.2 Å². The molecule has 2 heterocycles. The molecule has 138 valence electrons. The average molecular weight is 354 g/mol. The van der Waals surface area contributed by atoms with Crippen molar-refractivity contribution in [3.05, 3.63) is 30.1 Å². The molecule has 0 unspecified atom stereocenters. The number of nitrogens with one attached hydrogen (secondary N) is 1. The van der Waals surface area contributed by atoms with Gasteiger partial charge in [0.15, 0.2) is 0 Å². The van der Waals surface area contributed by atoms with Crippen LogP contribution in [0.15, 0.2) is 24.5 Å². The summed E-state index contributed by atoms with van der Waals surface area (Å²) in [7, 11) is 0. The van der Waals surface area contributed by atoms with Crippen molar-refractivity contribution >= 4 is 11.7 Å². The molecule has 1 aliphatic heterocycles. The Labute approximate surface area is 153 Å². The molecule has 1 saturated carbocycles. The summed E-state index contributed by atoms with van der Waals surface area (Å²) in [5, 5.41) is 14.4. The van der Waals surface area contributed by atoms with Crippen LogP contribution in [0.5, 0.6) is 0 Å². The second-order valence-electron chi connectivity index (χ2n) is 7.58. The number of nitrogens with zero attached hydrogens (tertiary/aromatic N) is 5. The van der Waals surface area contributed by atoms with Gasteiger partial charge in [-0.2, -0.15) is 0 Å². The average Bonchev–Trinajstić information content (AvgIpc) is 3.22. The van der Waals surface area contributed by atoms with Crippen LogP contribution in [0.4, 0.5) is 10.5 Å². The summed E-state index contributed by atoms with van der Waals surface area (Å²) in [6.07, 6.45) is 11.2. The Morgan fingerprint density at radius 3 is 2.58 bits per heavy atom. The minimum absolute atomic E-state index is 0.0407. The molecule has 0 radical (unpaired) electrons. The SMILES string of the molecule is Cc1cc(NC(=O)N2CCCC23CCCCCC3)ccc1-n1cnnn1. The lowest BCUT2D eigenvalue weighted by Crippen LogP contribution is -2.48. The van der Waals surface area contributed by atoms with Crippen LogP contribution in [0.1, 0.15) is 56.9 Å². The number of aryl methyl sites for hydroxylation is 1. The van der Waals surface area contributed by atoms with Crippen LogP contribution in [0.3, 0.4) is 0 Å². The van der Waals surface area contributed by atoms with Gasteiger partial charge in [-0.05, 0) is 66.8 Å². The Morgan fingerprint density at radius 1 is 1.12 bits per heavy atom. The Kier molecular flexibility index (Phi) is 4.61. The minimum Gasteiger partial charge on any atom is -0.319 e. The fourth-order valence-corrected chi connectivity index (χ4v) is 4.61. The maximum Gasteiger partial charge on any atom is 0.322 e. The number of benzene rings is 1. The lowest BCUT2D eigenvalue weighted by Gasteiger charge is -2.38. The van der Waals surface area contributed by atoms with E-state index in [1.54, 1.807) is 11.0 Å². The first kappa shape index (κ1) is 17.0. The third-order valence-electron chi connectivity index (χ3n) is 5.92. The smallest absolute Gasteiger partial charge is 0.319 e. The monoisotopic (exact) mass is 354 g/mol. The summed E-state index contributed by atoms with van der Waals surface area (Å²) in [6.45, 7) is 2.86. The van der Waals surface area contributed by atoms with Gasteiger partial charge < -0.3 is 10.2 Å². The molecule has 2 aromatic rings. The highest BCUT2D eigenvalue weighted by molar-refractivity contribution is 5.90. The van der Waals surface area contributed by atoms with Crippen molar-refractivity contribution in [2.24, 2.45) is 0 Å². The van der Waals surface area contributed by atoms with E-state index in [9.17, 15) is 4.79 Å². The Hall–Kier alpha value is -2.44. The second kappa shape index (κ2) is 7.05. The second-order valence-corrected chi connectivity index (χ2v) is 7.58. The van der Waals surface area contributed by atoms with Crippen LogP contribution in [0, 0.1) is 6.92 Å². The number of rotatable bonds is 2. The zero-order valence-corrected chi connectivity index (χ0v) is 15.3. The van der Waals surface area contributed by atoms with Gasteiger partial charge in [0.2, 0.25) is 0 Å². The fraction of sp³-hybridized carbons (Fsp3) is 0.579. The van der Waals surface area contributed by atoms with Crippen molar-refractivity contribution in [2.45, 2.75) is 63.8 Å². The molecule has 2 amide bonds. The van der Waals surface area contributed by atoms with Crippen LogP contribution in [0.25, 0.3) is 5.69 Å². The molecule has 0 atom stereocenters. The Morgan fingerprint density at radius 2 is 1.88 bits per heavy atom. The molecule has 1 aromatic carbocycles. The highest BCUT2D eigenvalue weighted by atomic mass is 16.2. The lowest BCUT2D eigenvalue weighted by atomic mass is 9.87. The number of amides is 2. The standard InChI is InChI=1S/C19H26N6O/c1-15-13-16(7-8-17(15)25-14-20-22-23-25)21-18(26)24-12-6-11-19(24)9-4-2-3-5-10-19/h7-8,13-14H,2-6,9-12H2,1H3,(H,21,26). The Balaban J connectivity index is 1.50. The first-order valence-corrected chi connectivity index (χ1v) is 9.61. The number of hydrogen-bond acceptors (Lipinski definition) is 4. The van der Waals surface area contributed by atoms with E-state index in [1.165, 1.54) is 25.7 Å². The van der Waals surface area contributed by atoms with Gasteiger partial charge >= 0.3 is 6.03 Å². The van der Waals surface area contributed by atoms with Gasteiger partial charge in [-0.3, -0.25) is 0 Å². The van der Waals surface area contributed by atoms with E-state index < -0.39 is 0 Å². The number of urea groups is 1. The number of carbonyl (C=O) groups is 1. The van der Waals surface area contributed by atoms with Gasteiger partial charge in [0, 0.05) is 17.8 Å². The van der Waals surface area contributed by atoms with Crippen LogP contribution < -0.4 is 5.32 Å². The van der Waals surface area contributed by atoms with Crippen LogP contribution >= 0.6 is 0 Å². The number of aromatic nitrogens is 4. The van der Waals surface area contributed by atoms with Crippen LogP contribution in [0.2, 0.25) is 0 Å². The molecule has 26 heavy (non-hydrogen) atoms. The van der Waals surface area contributed by atoms with Crippen molar-refractivity contribution in [3.8, 4) is 5.69 Å². The largest absolute Gasteiger partial charge is 0.322 e. The summed E-state index contributed by atoms with van der Waals surface area (Å²) in [5.41, 5.74) is 2.83. The maximum absolute atomic E-state index is 13.0. The summed E-state index contributed by atoms with van der Waals surface area (Å²) < 4.78 is 1.63. The number of hydrogen-bond donors (Lipinski definition) is 1. The van der Waals surface area contributed by atoms with E-state index in [0.29, 0.717) is 0 Å². The van der Waals surface area contributed by atoms with Gasteiger partial charge in [0.25, 0.3) is 0 Å². The molecule has 1 spiro atoms. The van der Waals surface area contributed by atoms with Crippen LogP contribution in [-0.4, -0.2) is 43.2 Å². The number of anilines is 1. The minimum atomic E-state index is 0.0407. The predicted molar refractivity (Wildman–Crippen MR) is 99.3 cm³/mol. The molecule has 4 rings (SSSR count). The molecule has 0 bridgehead atoms. The zero-order valence-electron chi connectivity index (χ0n) is 15.3. The third-order valence-corrected chi connectivity index (χ3v) is 5.92. The van der Waals surface area contributed by atoms with E-state index in [2.05, 4.69) is 25.7 Å². The first-order valence-electron chi connectivity index (χ1n) is 9.61. The first-order chi connectivity index (χ1) is 12.7. The lowest BCUT2D eigenvalue weighted by molar-refractivity contribution is 0.143. The van der Waals surface area contributed by atoms with Crippen molar-refractivity contribution in [1.29, 1.82) is 0 Å². The molecule has 2 fully saturated rings. The van der Waals surface area contributed by atoms with Crippen molar-refractivity contribution in [1.82, 2.24) is 25.1 Å². The summed E-state index contributed by atoms with van der Waals surface area (Å²) in [4.78, 5) is 15.1. The molecule has 1 N–H and O–H groups in total. The molecule has 1 aliphatic carbocycles. The van der Waals surface area contributed by atoms with Gasteiger partial charge in [-0.1, -0.05) is 25.7 Å². The van der Waals surface area contributed by atoms with E-state index in [4.69, 9.17) is 0 Å². The maximum atomic E-state index is 13.0. The van der Waals surface area contributed by atoms with Crippen molar-refractivity contribution in [2.75, 3.05) is 11.9 Å².